The molecule has 2 heteroatoms. The molecule has 2 nitrogen and oxygen atoms in total. The summed E-state index contributed by atoms with van der Waals surface area (Å²) in [4.78, 5) is 2.60. The average molecular weight is 226 g/mol. The molecule has 0 bridgehead atoms. The molecule has 0 heterocycles. The SMILES string of the molecule is CCCCC[C@@H](C)N(C)C1CCC(N)CC1. The summed E-state index contributed by atoms with van der Waals surface area (Å²) in [6.07, 6.45) is 10.5. The van der Waals surface area contributed by atoms with Crippen LogP contribution in [0.4, 0.5) is 0 Å². The fourth-order valence-electron chi connectivity index (χ4n) is 2.76. The van der Waals surface area contributed by atoms with Crippen molar-refractivity contribution in [1.82, 2.24) is 4.90 Å². The fourth-order valence-corrected chi connectivity index (χ4v) is 2.76. The van der Waals surface area contributed by atoms with Gasteiger partial charge in [-0.15, -0.1) is 0 Å². The van der Waals surface area contributed by atoms with Gasteiger partial charge in [-0.1, -0.05) is 26.2 Å². The normalized spacial score (nSPS) is 28.3. The van der Waals surface area contributed by atoms with Crippen molar-refractivity contribution in [1.29, 1.82) is 0 Å². The summed E-state index contributed by atoms with van der Waals surface area (Å²) in [5, 5.41) is 0. The Morgan fingerprint density at radius 2 is 1.81 bits per heavy atom. The molecule has 0 amide bonds. The molecule has 1 atom stereocenters. The van der Waals surface area contributed by atoms with Crippen LogP contribution >= 0.6 is 0 Å². The van der Waals surface area contributed by atoms with Crippen LogP contribution in [0.5, 0.6) is 0 Å². The van der Waals surface area contributed by atoms with Crippen molar-refractivity contribution in [3.63, 3.8) is 0 Å². The fraction of sp³-hybridized carbons (Fsp3) is 1.00. The summed E-state index contributed by atoms with van der Waals surface area (Å²) in [5.74, 6) is 0. The monoisotopic (exact) mass is 226 g/mol. The number of nitrogens with two attached hydrogens (primary N) is 1. The Hall–Kier alpha value is -0.0800. The highest BCUT2D eigenvalue weighted by Crippen LogP contribution is 2.23. The van der Waals surface area contributed by atoms with Gasteiger partial charge in [0.05, 0.1) is 0 Å². The lowest BCUT2D eigenvalue weighted by molar-refractivity contribution is 0.133. The van der Waals surface area contributed by atoms with E-state index in [0.717, 1.165) is 12.1 Å². The molecule has 0 aromatic rings. The maximum absolute atomic E-state index is 5.95. The summed E-state index contributed by atoms with van der Waals surface area (Å²) in [5.41, 5.74) is 5.95. The lowest BCUT2D eigenvalue weighted by Gasteiger charge is -2.37. The highest BCUT2D eigenvalue weighted by molar-refractivity contribution is 4.81. The summed E-state index contributed by atoms with van der Waals surface area (Å²) in [6, 6.07) is 2.00. The summed E-state index contributed by atoms with van der Waals surface area (Å²) < 4.78 is 0. The Bertz CT molecular complexity index is 174. The van der Waals surface area contributed by atoms with Gasteiger partial charge >= 0.3 is 0 Å². The molecule has 0 aliphatic heterocycles. The number of unbranched alkanes of at least 4 members (excludes halogenated alkanes) is 2. The quantitative estimate of drug-likeness (QED) is 0.705. The molecule has 1 aliphatic rings. The van der Waals surface area contributed by atoms with Gasteiger partial charge in [0.15, 0.2) is 0 Å². The number of nitrogens with zero attached hydrogens (tertiary/aromatic N) is 1. The lowest BCUT2D eigenvalue weighted by atomic mass is 9.90. The molecule has 1 rings (SSSR count). The van der Waals surface area contributed by atoms with E-state index in [1.54, 1.807) is 0 Å². The molecule has 16 heavy (non-hydrogen) atoms. The van der Waals surface area contributed by atoms with Crippen LogP contribution in [0.1, 0.15) is 65.2 Å². The van der Waals surface area contributed by atoms with E-state index in [-0.39, 0.29) is 0 Å². The van der Waals surface area contributed by atoms with Crippen LogP contribution in [-0.2, 0) is 0 Å². The van der Waals surface area contributed by atoms with Crippen molar-refractivity contribution in [3.05, 3.63) is 0 Å². The van der Waals surface area contributed by atoms with Crippen molar-refractivity contribution in [2.75, 3.05) is 7.05 Å². The van der Waals surface area contributed by atoms with Gasteiger partial charge < -0.3 is 10.6 Å². The second kappa shape index (κ2) is 7.29. The topological polar surface area (TPSA) is 29.3 Å². The van der Waals surface area contributed by atoms with Gasteiger partial charge in [0.25, 0.3) is 0 Å². The van der Waals surface area contributed by atoms with Crippen LogP contribution in [0.15, 0.2) is 0 Å². The molecule has 2 N–H and O–H groups in total. The van der Waals surface area contributed by atoms with Crippen molar-refractivity contribution in [2.24, 2.45) is 5.73 Å². The van der Waals surface area contributed by atoms with Crippen LogP contribution in [0.25, 0.3) is 0 Å². The van der Waals surface area contributed by atoms with Crippen LogP contribution in [-0.4, -0.2) is 30.1 Å². The molecule has 0 unspecified atom stereocenters. The molecular weight excluding hydrogens is 196 g/mol. The highest BCUT2D eigenvalue weighted by Gasteiger charge is 2.24. The van der Waals surface area contributed by atoms with Gasteiger partial charge in [0.1, 0.15) is 0 Å². The van der Waals surface area contributed by atoms with E-state index in [0.29, 0.717) is 6.04 Å². The summed E-state index contributed by atoms with van der Waals surface area (Å²) in [7, 11) is 2.30. The third kappa shape index (κ3) is 4.42. The number of hydrogen-bond donors (Lipinski definition) is 1. The molecule has 1 aliphatic carbocycles. The highest BCUT2D eigenvalue weighted by atomic mass is 15.2. The third-order valence-corrected chi connectivity index (χ3v) is 4.24. The van der Waals surface area contributed by atoms with Gasteiger partial charge in [-0.3, -0.25) is 0 Å². The van der Waals surface area contributed by atoms with Gasteiger partial charge in [-0.05, 0) is 46.1 Å². The van der Waals surface area contributed by atoms with Gasteiger partial charge in [-0.2, -0.15) is 0 Å². The van der Waals surface area contributed by atoms with Crippen LogP contribution < -0.4 is 5.73 Å². The van der Waals surface area contributed by atoms with Gasteiger partial charge in [-0.25, -0.2) is 0 Å². The predicted octanol–water partition coefficient (Wildman–Crippen LogP) is 3.16. The summed E-state index contributed by atoms with van der Waals surface area (Å²) >= 11 is 0. The lowest BCUT2D eigenvalue weighted by Crippen LogP contribution is -2.42. The molecule has 0 saturated heterocycles. The van der Waals surface area contributed by atoms with Crippen molar-refractivity contribution in [2.45, 2.75) is 83.3 Å². The Kier molecular flexibility index (Phi) is 6.37. The Labute approximate surface area is 102 Å². The van der Waals surface area contributed by atoms with Crippen LogP contribution in [0.3, 0.4) is 0 Å². The van der Waals surface area contributed by atoms with E-state index in [9.17, 15) is 0 Å². The van der Waals surface area contributed by atoms with Gasteiger partial charge in [0.2, 0.25) is 0 Å². The molecule has 0 aromatic heterocycles. The third-order valence-electron chi connectivity index (χ3n) is 4.24. The molecule has 96 valence electrons. The average Bonchev–Trinajstić information content (AvgIpc) is 2.29. The van der Waals surface area contributed by atoms with Gasteiger partial charge in [0, 0.05) is 18.1 Å². The van der Waals surface area contributed by atoms with Crippen LogP contribution in [0, 0.1) is 0 Å². The van der Waals surface area contributed by atoms with Crippen LogP contribution in [0.2, 0.25) is 0 Å². The maximum Gasteiger partial charge on any atom is 0.00961 e. The Balaban J connectivity index is 2.24. The number of rotatable bonds is 6. The first kappa shape index (κ1) is 14.0. The van der Waals surface area contributed by atoms with Crippen molar-refractivity contribution >= 4 is 0 Å². The smallest absolute Gasteiger partial charge is 0.00961 e. The minimum Gasteiger partial charge on any atom is -0.328 e. The Morgan fingerprint density at radius 1 is 1.19 bits per heavy atom. The second-order valence-electron chi connectivity index (χ2n) is 5.58. The maximum atomic E-state index is 5.95. The first-order valence-corrected chi connectivity index (χ1v) is 7.12. The zero-order chi connectivity index (χ0) is 12.0. The van der Waals surface area contributed by atoms with E-state index >= 15 is 0 Å². The molecule has 0 spiro atoms. The molecule has 0 aromatic carbocycles. The van der Waals surface area contributed by atoms with Crippen molar-refractivity contribution in [3.8, 4) is 0 Å². The molecule has 0 radical (unpaired) electrons. The Morgan fingerprint density at radius 3 is 2.38 bits per heavy atom. The molecular formula is C14H30N2. The van der Waals surface area contributed by atoms with E-state index in [1.807, 2.05) is 0 Å². The second-order valence-corrected chi connectivity index (χ2v) is 5.58. The zero-order valence-corrected chi connectivity index (χ0v) is 11.4. The first-order valence-electron chi connectivity index (χ1n) is 7.12. The standard InChI is InChI=1S/C14H30N2/c1-4-5-6-7-12(2)16(3)14-10-8-13(15)9-11-14/h12-14H,4-11,15H2,1-3H3/t12-,13?,14?/m1/s1. The predicted molar refractivity (Wildman–Crippen MR) is 71.6 cm³/mol. The zero-order valence-electron chi connectivity index (χ0n) is 11.4. The first-order chi connectivity index (χ1) is 7.65. The number of hydrogen-bond acceptors (Lipinski definition) is 2. The minimum atomic E-state index is 0.472. The minimum absolute atomic E-state index is 0.472. The largest absolute Gasteiger partial charge is 0.328 e. The molecule has 1 fully saturated rings. The summed E-state index contributed by atoms with van der Waals surface area (Å²) in [6.45, 7) is 4.65. The van der Waals surface area contributed by atoms with E-state index in [1.165, 1.54) is 51.4 Å². The van der Waals surface area contributed by atoms with E-state index < -0.39 is 0 Å². The van der Waals surface area contributed by atoms with E-state index in [4.69, 9.17) is 5.73 Å². The van der Waals surface area contributed by atoms with Crippen molar-refractivity contribution < 1.29 is 0 Å². The van der Waals surface area contributed by atoms with E-state index in [2.05, 4.69) is 25.8 Å². The molecule has 1 saturated carbocycles.